The van der Waals surface area contributed by atoms with Crippen LogP contribution in [-0.2, 0) is 14.6 Å². The molecule has 1 aliphatic heterocycles. The largest absolute Gasteiger partial charge is 0.522 e. The van der Waals surface area contributed by atoms with Gasteiger partial charge >= 0.3 is 6.36 Å². The molecule has 0 aliphatic carbocycles. The van der Waals surface area contributed by atoms with Crippen LogP contribution in [0.25, 0.3) is 0 Å². The third kappa shape index (κ3) is 5.14. The maximum absolute atomic E-state index is 11.5. The van der Waals surface area contributed by atoms with E-state index in [0.29, 0.717) is 0 Å². The van der Waals surface area contributed by atoms with Gasteiger partial charge in [0.2, 0.25) is 0 Å². The molecule has 1 N–H and O–H groups in total. The van der Waals surface area contributed by atoms with Crippen molar-refractivity contribution in [1.29, 1.82) is 0 Å². The molecule has 0 bridgehead atoms. The van der Waals surface area contributed by atoms with Crippen molar-refractivity contribution < 1.29 is 26.3 Å². The van der Waals surface area contributed by atoms with Gasteiger partial charge < -0.3 is 5.32 Å². The number of alkyl halides is 3. The molecule has 1 unspecified atom stereocenters. The van der Waals surface area contributed by atoms with Crippen molar-refractivity contribution in [3.05, 3.63) is 11.5 Å². The van der Waals surface area contributed by atoms with E-state index in [0.717, 1.165) is 5.41 Å². The molecular weight excluding hydrogens is 235 g/mol. The lowest BCUT2D eigenvalue weighted by Gasteiger charge is -2.11. The van der Waals surface area contributed by atoms with Gasteiger partial charge in [-0.1, -0.05) is 6.08 Å². The molecule has 0 fully saturated rings. The van der Waals surface area contributed by atoms with Crippen LogP contribution >= 0.6 is 0 Å². The van der Waals surface area contributed by atoms with Gasteiger partial charge in [0.1, 0.15) is 0 Å². The van der Waals surface area contributed by atoms with Crippen LogP contribution in [0.5, 0.6) is 0 Å². The highest BCUT2D eigenvalue weighted by atomic mass is 32.2. The van der Waals surface area contributed by atoms with E-state index in [-0.39, 0.29) is 12.3 Å². The molecule has 0 saturated heterocycles. The standard InChI is InChI=1S/C7H10F3NO3S/c8-7(9,10)14-3-2-11-6-1-4-15(12,13)5-6/h1,4,6,11H,2-3,5H2. The second kappa shape index (κ2) is 4.50. The van der Waals surface area contributed by atoms with Crippen LogP contribution < -0.4 is 5.32 Å². The molecule has 1 heterocycles. The van der Waals surface area contributed by atoms with Crippen LogP contribution in [-0.4, -0.2) is 39.7 Å². The molecule has 1 aliphatic rings. The highest BCUT2D eigenvalue weighted by molar-refractivity contribution is 7.94. The molecule has 88 valence electrons. The molecule has 1 atom stereocenters. The smallest absolute Gasteiger partial charge is 0.307 e. The average molecular weight is 245 g/mol. The Kier molecular flexibility index (Phi) is 3.74. The minimum absolute atomic E-state index is 0.0516. The summed E-state index contributed by atoms with van der Waals surface area (Å²) in [6, 6.07) is -0.424. The number of hydrogen-bond acceptors (Lipinski definition) is 4. The second-order valence-corrected chi connectivity index (χ2v) is 4.94. The Morgan fingerprint density at radius 3 is 2.60 bits per heavy atom. The van der Waals surface area contributed by atoms with E-state index in [9.17, 15) is 21.6 Å². The number of hydrogen-bond donors (Lipinski definition) is 1. The zero-order valence-corrected chi connectivity index (χ0v) is 8.44. The predicted octanol–water partition coefficient (Wildman–Crippen LogP) is 0.423. The van der Waals surface area contributed by atoms with Gasteiger partial charge in [-0.3, -0.25) is 4.74 Å². The summed E-state index contributed by atoms with van der Waals surface area (Å²) < 4.78 is 59.9. The van der Waals surface area contributed by atoms with Gasteiger partial charge in [0.15, 0.2) is 9.84 Å². The fraction of sp³-hybridized carbons (Fsp3) is 0.714. The minimum atomic E-state index is -4.64. The molecule has 0 amide bonds. The lowest BCUT2D eigenvalue weighted by atomic mass is 10.3. The van der Waals surface area contributed by atoms with Gasteiger partial charge in [-0.25, -0.2) is 8.42 Å². The second-order valence-electron chi connectivity index (χ2n) is 3.01. The summed E-state index contributed by atoms with van der Waals surface area (Å²) in [5.41, 5.74) is 0. The Labute approximate surface area is 85.0 Å². The topological polar surface area (TPSA) is 55.4 Å². The van der Waals surface area contributed by atoms with Gasteiger partial charge in [0, 0.05) is 18.0 Å². The van der Waals surface area contributed by atoms with Gasteiger partial charge in [0.25, 0.3) is 0 Å². The van der Waals surface area contributed by atoms with Crippen LogP contribution in [0.15, 0.2) is 11.5 Å². The van der Waals surface area contributed by atoms with E-state index < -0.39 is 28.8 Å². The fourth-order valence-electron chi connectivity index (χ4n) is 1.11. The van der Waals surface area contributed by atoms with Crippen LogP contribution in [0.4, 0.5) is 13.2 Å². The molecule has 1 rings (SSSR count). The first-order chi connectivity index (χ1) is 6.79. The molecule has 0 spiro atoms. The number of nitrogens with one attached hydrogen (secondary N) is 1. The summed E-state index contributed by atoms with van der Waals surface area (Å²) in [5.74, 6) is -0.112. The number of rotatable bonds is 4. The van der Waals surface area contributed by atoms with Crippen LogP contribution in [0.1, 0.15) is 0 Å². The van der Waals surface area contributed by atoms with E-state index in [4.69, 9.17) is 0 Å². The maximum atomic E-state index is 11.5. The Hall–Kier alpha value is -0.600. The summed E-state index contributed by atoms with van der Waals surface area (Å²) in [5, 5.41) is 3.67. The minimum Gasteiger partial charge on any atom is -0.307 e. The van der Waals surface area contributed by atoms with E-state index in [1.54, 1.807) is 0 Å². The quantitative estimate of drug-likeness (QED) is 0.729. The van der Waals surface area contributed by atoms with Crippen LogP contribution in [0.2, 0.25) is 0 Å². The maximum Gasteiger partial charge on any atom is 0.522 e. The molecule has 0 radical (unpaired) electrons. The van der Waals surface area contributed by atoms with Crippen molar-refractivity contribution in [1.82, 2.24) is 5.32 Å². The fourth-order valence-corrected chi connectivity index (χ4v) is 2.38. The van der Waals surface area contributed by atoms with Crippen molar-refractivity contribution in [3.8, 4) is 0 Å². The van der Waals surface area contributed by atoms with Gasteiger partial charge in [-0.2, -0.15) is 0 Å². The van der Waals surface area contributed by atoms with Crippen molar-refractivity contribution in [2.75, 3.05) is 18.9 Å². The SMILES string of the molecule is O=S1(=O)C=CC(NCCOC(F)(F)F)C1. The highest BCUT2D eigenvalue weighted by Crippen LogP contribution is 2.15. The normalized spacial score (nSPS) is 24.6. The first-order valence-electron chi connectivity index (χ1n) is 4.13. The van der Waals surface area contributed by atoms with Crippen molar-refractivity contribution in [2.24, 2.45) is 0 Å². The highest BCUT2D eigenvalue weighted by Gasteiger charge is 2.28. The van der Waals surface area contributed by atoms with E-state index in [2.05, 4.69) is 10.1 Å². The lowest BCUT2D eigenvalue weighted by Crippen LogP contribution is -2.33. The average Bonchev–Trinajstić information content (AvgIpc) is 2.38. The number of sulfone groups is 1. The van der Waals surface area contributed by atoms with E-state index in [1.165, 1.54) is 6.08 Å². The van der Waals surface area contributed by atoms with Crippen LogP contribution in [0.3, 0.4) is 0 Å². The summed E-state index contributed by atoms with van der Waals surface area (Å²) in [6.07, 6.45) is -3.23. The Bertz CT molecular complexity index is 336. The zero-order valence-electron chi connectivity index (χ0n) is 7.62. The van der Waals surface area contributed by atoms with Gasteiger partial charge in [-0.05, 0) is 0 Å². The first kappa shape index (κ1) is 12.5. The van der Waals surface area contributed by atoms with Crippen LogP contribution in [0, 0.1) is 0 Å². The number of halogens is 3. The van der Waals surface area contributed by atoms with E-state index in [1.807, 2.05) is 0 Å². The number of ether oxygens (including phenoxy) is 1. The molecule has 0 saturated carbocycles. The Morgan fingerprint density at radius 2 is 2.13 bits per heavy atom. The molecule has 15 heavy (non-hydrogen) atoms. The molecule has 0 aromatic heterocycles. The Morgan fingerprint density at radius 1 is 1.47 bits per heavy atom. The zero-order chi connectivity index (χ0) is 11.5. The lowest BCUT2D eigenvalue weighted by molar-refractivity contribution is -0.323. The Balaban J connectivity index is 2.16. The summed E-state index contributed by atoms with van der Waals surface area (Å²) in [6.45, 7) is -0.585. The van der Waals surface area contributed by atoms with E-state index >= 15 is 0 Å². The summed E-state index contributed by atoms with van der Waals surface area (Å²) >= 11 is 0. The molecule has 4 nitrogen and oxygen atoms in total. The van der Waals surface area contributed by atoms with Crippen molar-refractivity contribution >= 4 is 9.84 Å². The summed E-state index contributed by atoms with van der Waals surface area (Å²) in [4.78, 5) is 0. The third-order valence-corrected chi connectivity index (χ3v) is 3.10. The molecular formula is C7H10F3NO3S. The third-order valence-electron chi connectivity index (χ3n) is 1.70. The first-order valence-corrected chi connectivity index (χ1v) is 5.85. The molecule has 0 aromatic carbocycles. The van der Waals surface area contributed by atoms with Crippen molar-refractivity contribution in [2.45, 2.75) is 12.4 Å². The molecule has 0 aromatic rings. The monoisotopic (exact) mass is 245 g/mol. The predicted molar refractivity (Wildman–Crippen MR) is 46.7 cm³/mol. The van der Waals surface area contributed by atoms with Gasteiger partial charge in [0.05, 0.1) is 12.4 Å². The van der Waals surface area contributed by atoms with Gasteiger partial charge in [-0.15, -0.1) is 13.2 Å². The van der Waals surface area contributed by atoms with Crippen molar-refractivity contribution in [3.63, 3.8) is 0 Å². The molecule has 8 heteroatoms. The summed E-state index contributed by atoms with van der Waals surface area (Å²) in [7, 11) is -3.17.